The summed E-state index contributed by atoms with van der Waals surface area (Å²) >= 11 is 1.56. The van der Waals surface area contributed by atoms with Crippen molar-refractivity contribution in [3.8, 4) is 0 Å². The van der Waals surface area contributed by atoms with Crippen molar-refractivity contribution in [1.29, 1.82) is 0 Å². The number of carbonyl (C=O) groups excluding carboxylic acids is 1. The Labute approximate surface area is 127 Å². The SMILES string of the molecule is CSCC[C@H](NC(=O)c1ccc2c(ccn2C)c1)C(=O)O. The molecular formula is C15H18N2O3S. The summed E-state index contributed by atoms with van der Waals surface area (Å²) in [6.07, 6.45) is 4.24. The Bertz CT molecular complexity index is 666. The molecule has 112 valence electrons. The average Bonchev–Trinajstić information content (AvgIpc) is 2.84. The summed E-state index contributed by atoms with van der Waals surface area (Å²) in [6.45, 7) is 0. The molecule has 21 heavy (non-hydrogen) atoms. The summed E-state index contributed by atoms with van der Waals surface area (Å²) < 4.78 is 1.97. The zero-order chi connectivity index (χ0) is 15.4. The number of benzene rings is 1. The van der Waals surface area contributed by atoms with Crippen molar-refractivity contribution in [2.75, 3.05) is 12.0 Å². The van der Waals surface area contributed by atoms with Gasteiger partial charge in [-0.3, -0.25) is 4.79 Å². The third-order valence-corrected chi connectivity index (χ3v) is 4.01. The van der Waals surface area contributed by atoms with Gasteiger partial charge in [-0.2, -0.15) is 11.8 Å². The van der Waals surface area contributed by atoms with Gasteiger partial charge in [0.15, 0.2) is 0 Å². The van der Waals surface area contributed by atoms with Crippen LogP contribution in [-0.4, -0.2) is 39.6 Å². The zero-order valence-corrected chi connectivity index (χ0v) is 12.8. The zero-order valence-electron chi connectivity index (χ0n) is 12.0. The topological polar surface area (TPSA) is 71.3 Å². The molecule has 0 unspecified atom stereocenters. The van der Waals surface area contributed by atoms with E-state index in [-0.39, 0.29) is 5.91 Å². The van der Waals surface area contributed by atoms with Gasteiger partial charge >= 0.3 is 5.97 Å². The number of carbonyl (C=O) groups is 2. The molecule has 0 fully saturated rings. The molecule has 6 heteroatoms. The van der Waals surface area contributed by atoms with Crippen molar-refractivity contribution in [2.45, 2.75) is 12.5 Å². The first-order valence-electron chi connectivity index (χ1n) is 6.60. The fourth-order valence-corrected chi connectivity index (χ4v) is 2.63. The monoisotopic (exact) mass is 306 g/mol. The van der Waals surface area contributed by atoms with Crippen molar-refractivity contribution >= 4 is 34.5 Å². The van der Waals surface area contributed by atoms with E-state index < -0.39 is 12.0 Å². The highest BCUT2D eigenvalue weighted by Crippen LogP contribution is 2.16. The minimum absolute atomic E-state index is 0.353. The van der Waals surface area contributed by atoms with E-state index >= 15 is 0 Å². The molecule has 5 nitrogen and oxygen atoms in total. The molecule has 2 aromatic rings. The Balaban J connectivity index is 2.14. The Hall–Kier alpha value is -1.95. The van der Waals surface area contributed by atoms with Crippen LogP contribution in [0.5, 0.6) is 0 Å². The molecule has 0 aliphatic carbocycles. The molecule has 1 amide bonds. The Kier molecular flexibility index (Phi) is 4.90. The third-order valence-electron chi connectivity index (χ3n) is 3.36. The lowest BCUT2D eigenvalue weighted by Crippen LogP contribution is -2.41. The lowest BCUT2D eigenvalue weighted by molar-refractivity contribution is -0.139. The Morgan fingerprint density at radius 1 is 1.38 bits per heavy atom. The number of hydrogen-bond acceptors (Lipinski definition) is 3. The number of rotatable bonds is 6. The van der Waals surface area contributed by atoms with Gasteiger partial charge in [-0.05, 0) is 42.7 Å². The molecule has 0 bridgehead atoms. The summed E-state index contributed by atoms with van der Waals surface area (Å²) in [6, 6.07) is 6.43. The van der Waals surface area contributed by atoms with E-state index in [9.17, 15) is 9.59 Å². The lowest BCUT2D eigenvalue weighted by atomic mass is 10.1. The van der Waals surface area contributed by atoms with Gasteiger partial charge in [-0.25, -0.2) is 4.79 Å². The molecule has 0 aliphatic heterocycles. The average molecular weight is 306 g/mol. The van der Waals surface area contributed by atoms with Crippen LogP contribution >= 0.6 is 11.8 Å². The lowest BCUT2D eigenvalue weighted by Gasteiger charge is -2.14. The molecule has 0 aliphatic rings. The second-order valence-corrected chi connectivity index (χ2v) is 5.83. The number of carboxylic acid groups (broad SMARTS) is 1. The maximum absolute atomic E-state index is 12.2. The number of nitrogens with zero attached hydrogens (tertiary/aromatic N) is 1. The van der Waals surface area contributed by atoms with Crippen molar-refractivity contribution in [1.82, 2.24) is 9.88 Å². The smallest absolute Gasteiger partial charge is 0.326 e. The van der Waals surface area contributed by atoms with Crippen LogP contribution in [0.1, 0.15) is 16.8 Å². The molecular weight excluding hydrogens is 288 g/mol. The number of hydrogen-bond donors (Lipinski definition) is 2. The highest BCUT2D eigenvalue weighted by molar-refractivity contribution is 7.98. The molecule has 0 radical (unpaired) electrons. The van der Waals surface area contributed by atoms with Crippen LogP contribution in [0.15, 0.2) is 30.5 Å². The summed E-state index contributed by atoms with van der Waals surface area (Å²) in [5, 5.41) is 12.7. The predicted molar refractivity (Wildman–Crippen MR) is 84.8 cm³/mol. The van der Waals surface area contributed by atoms with Crippen molar-refractivity contribution in [3.63, 3.8) is 0 Å². The van der Waals surface area contributed by atoms with Gasteiger partial charge in [0.1, 0.15) is 6.04 Å². The first-order valence-corrected chi connectivity index (χ1v) is 8.00. The van der Waals surface area contributed by atoms with Crippen LogP contribution in [0.3, 0.4) is 0 Å². The van der Waals surface area contributed by atoms with Gasteiger partial charge < -0.3 is 15.0 Å². The molecule has 1 aromatic heterocycles. The van der Waals surface area contributed by atoms with Crippen LogP contribution < -0.4 is 5.32 Å². The number of aromatic nitrogens is 1. The number of fused-ring (bicyclic) bond motifs is 1. The van der Waals surface area contributed by atoms with Crippen LogP contribution in [0.4, 0.5) is 0 Å². The van der Waals surface area contributed by atoms with E-state index in [1.165, 1.54) is 0 Å². The molecule has 0 spiro atoms. The molecule has 1 atom stereocenters. The van der Waals surface area contributed by atoms with Gasteiger partial charge in [0.2, 0.25) is 0 Å². The first kappa shape index (κ1) is 15.4. The fraction of sp³-hybridized carbons (Fsp3) is 0.333. The van der Waals surface area contributed by atoms with Crippen LogP contribution in [0.25, 0.3) is 10.9 Å². The maximum atomic E-state index is 12.2. The maximum Gasteiger partial charge on any atom is 0.326 e. The quantitative estimate of drug-likeness (QED) is 0.857. The highest BCUT2D eigenvalue weighted by Gasteiger charge is 2.20. The van der Waals surface area contributed by atoms with Crippen LogP contribution in [0.2, 0.25) is 0 Å². The minimum Gasteiger partial charge on any atom is -0.480 e. The summed E-state index contributed by atoms with van der Waals surface area (Å²) in [5.41, 5.74) is 1.51. The number of amides is 1. The van der Waals surface area contributed by atoms with Crippen LogP contribution in [0, 0.1) is 0 Å². The first-order chi connectivity index (χ1) is 10.0. The van der Waals surface area contributed by atoms with Gasteiger partial charge in [-0.1, -0.05) is 0 Å². The summed E-state index contributed by atoms with van der Waals surface area (Å²) in [7, 11) is 1.94. The van der Waals surface area contributed by atoms with E-state index in [2.05, 4.69) is 5.32 Å². The number of aliphatic carboxylic acids is 1. The largest absolute Gasteiger partial charge is 0.480 e. The Morgan fingerprint density at radius 2 is 2.14 bits per heavy atom. The van der Waals surface area contributed by atoms with E-state index in [0.717, 1.165) is 10.9 Å². The number of aryl methyl sites for hydroxylation is 1. The summed E-state index contributed by atoms with van der Waals surface area (Å²) in [4.78, 5) is 23.3. The second-order valence-electron chi connectivity index (χ2n) is 4.85. The van der Waals surface area contributed by atoms with Gasteiger partial charge in [0.25, 0.3) is 5.91 Å². The number of carboxylic acids is 1. The van der Waals surface area contributed by atoms with Crippen molar-refractivity contribution in [2.24, 2.45) is 7.05 Å². The molecule has 2 rings (SSSR count). The second kappa shape index (κ2) is 6.67. The molecule has 2 N–H and O–H groups in total. The normalized spacial score (nSPS) is 12.3. The number of thioether (sulfide) groups is 1. The van der Waals surface area contributed by atoms with Crippen LogP contribution in [-0.2, 0) is 11.8 Å². The summed E-state index contributed by atoms with van der Waals surface area (Å²) in [5.74, 6) is -0.665. The van der Waals surface area contributed by atoms with Gasteiger partial charge in [-0.15, -0.1) is 0 Å². The van der Waals surface area contributed by atoms with E-state index in [1.54, 1.807) is 23.9 Å². The van der Waals surface area contributed by atoms with Crippen molar-refractivity contribution in [3.05, 3.63) is 36.0 Å². The molecule has 0 saturated carbocycles. The van der Waals surface area contributed by atoms with E-state index in [1.807, 2.05) is 36.2 Å². The third kappa shape index (κ3) is 3.58. The predicted octanol–water partition coefficient (Wildman–Crippen LogP) is 2.11. The molecule has 0 saturated heterocycles. The molecule has 1 aromatic carbocycles. The fourth-order valence-electron chi connectivity index (χ4n) is 2.16. The number of nitrogens with one attached hydrogen (secondary N) is 1. The van der Waals surface area contributed by atoms with Gasteiger partial charge in [0, 0.05) is 29.7 Å². The Morgan fingerprint density at radius 3 is 2.81 bits per heavy atom. The van der Waals surface area contributed by atoms with Crippen molar-refractivity contribution < 1.29 is 14.7 Å². The standard InChI is InChI=1S/C15H18N2O3S/c1-17-7-5-10-9-11(3-4-13(10)17)14(18)16-12(15(19)20)6-8-21-2/h3-5,7,9,12H,6,8H2,1-2H3,(H,16,18)(H,19,20)/t12-/m0/s1. The van der Waals surface area contributed by atoms with Gasteiger partial charge in [0.05, 0.1) is 0 Å². The van der Waals surface area contributed by atoms with E-state index in [4.69, 9.17) is 5.11 Å². The molecule has 1 heterocycles. The minimum atomic E-state index is -1.00. The van der Waals surface area contributed by atoms with E-state index in [0.29, 0.717) is 17.7 Å². The highest BCUT2D eigenvalue weighted by atomic mass is 32.2.